The number of esters is 1. The molecule has 2 aliphatic heterocycles. The van der Waals surface area contributed by atoms with Gasteiger partial charge in [0.05, 0.1) is 12.5 Å². The van der Waals surface area contributed by atoms with Gasteiger partial charge in [-0.3, -0.25) is 9.69 Å². The minimum absolute atomic E-state index is 0.00984. The normalized spacial score (nSPS) is 32.5. The topological polar surface area (TPSA) is 29.5 Å². The van der Waals surface area contributed by atoms with Gasteiger partial charge >= 0.3 is 5.97 Å². The molecule has 3 nitrogen and oxygen atoms in total. The molecule has 4 atom stereocenters. The van der Waals surface area contributed by atoms with Crippen LogP contribution in [0.1, 0.15) is 18.9 Å². The van der Waals surface area contributed by atoms with Gasteiger partial charge in [0.2, 0.25) is 0 Å². The SMILES string of the molecule is CCOC(=O)[C@@H]1C(Cc2ccccc2)N2CC[C@H]1C2. The van der Waals surface area contributed by atoms with Crippen LogP contribution in [-0.4, -0.2) is 36.6 Å². The molecule has 2 heterocycles. The summed E-state index contributed by atoms with van der Waals surface area (Å²) in [5.74, 6) is 0.595. The highest BCUT2D eigenvalue weighted by atomic mass is 16.5. The van der Waals surface area contributed by atoms with E-state index < -0.39 is 0 Å². The van der Waals surface area contributed by atoms with Gasteiger partial charge in [-0.1, -0.05) is 30.3 Å². The van der Waals surface area contributed by atoms with Crippen molar-refractivity contribution in [2.45, 2.75) is 25.8 Å². The Balaban J connectivity index is 1.76. The van der Waals surface area contributed by atoms with Crippen LogP contribution in [0.2, 0.25) is 0 Å². The second-order valence-electron chi connectivity index (χ2n) is 5.58. The van der Waals surface area contributed by atoms with E-state index in [2.05, 4.69) is 29.2 Å². The third-order valence-electron chi connectivity index (χ3n) is 4.49. The van der Waals surface area contributed by atoms with E-state index in [4.69, 9.17) is 4.74 Å². The molecule has 19 heavy (non-hydrogen) atoms. The quantitative estimate of drug-likeness (QED) is 0.776. The monoisotopic (exact) mass is 259 g/mol. The summed E-state index contributed by atoms with van der Waals surface area (Å²) in [6.07, 6.45) is 2.11. The van der Waals surface area contributed by atoms with Gasteiger partial charge < -0.3 is 4.74 Å². The van der Waals surface area contributed by atoms with Gasteiger partial charge in [0.1, 0.15) is 0 Å². The van der Waals surface area contributed by atoms with Gasteiger partial charge in [-0.05, 0) is 37.8 Å². The number of hydrogen-bond acceptors (Lipinski definition) is 3. The van der Waals surface area contributed by atoms with E-state index in [0.717, 1.165) is 25.9 Å². The molecule has 2 aliphatic rings. The van der Waals surface area contributed by atoms with Gasteiger partial charge in [0, 0.05) is 12.6 Å². The summed E-state index contributed by atoms with van der Waals surface area (Å²) in [6.45, 7) is 4.58. The Hall–Kier alpha value is -1.35. The van der Waals surface area contributed by atoms with Gasteiger partial charge in [-0.2, -0.15) is 0 Å². The first-order valence-corrected chi connectivity index (χ1v) is 7.24. The predicted molar refractivity (Wildman–Crippen MR) is 73.7 cm³/mol. The first-order chi connectivity index (χ1) is 9.29. The third-order valence-corrected chi connectivity index (χ3v) is 4.49. The fourth-order valence-electron chi connectivity index (χ4n) is 3.65. The van der Waals surface area contributed by atoms with Crippen molar-refractivity contribution in [3.8, 4) is 0 Å². The second-order valence-corrected chi connectivity index (χ2v) is 5.58. The number of benzene rings is 1. The molecule has 102 valence electrons. The number of nitrogens with zero attached hydrogens (tertiary/aromatic N) is 1. The largest absolute Gasteiger partial charge is 0.466 e. The van der Waals surface area contributed by atoms with Crippen molar-refractivity contribution in [3.63, 3.8) is 0 Å². The first-order valence-electron chi connectivity index (χ1n) is 7.24. The lowest BCUT2D eigenvalue weighted by atomic mass is 9.84. The Labute approximate surface area is 114 Å². The summed E-state index contributed by atoms with van der Waals surface area (Å²) in [4.78, 5) is 14.7. The highest BCUT2D eigenvalue weighted by Gasteiger charge is 2.49. The molecule has 0 spiro atoms. The Kier molecular flexibility index (Phi) is 3.56. The minimum atomic E-state index is 0.00984. The lowest BCUT2D eigenvalue weighted by molar-refractivity contribution is -0.151. The number of piperidine rings is 1. The van der Waals surface area contributed by atoms with Crippen molar-refractivity contribution in [3.05, 3.63) is 35.9 Å². The molecule has 1 aromatic rings. The van der Waals surface area contributed by atoms with Crippen LogP contribution in [0, 0.1) is 11.8 Å². The van der Waals surface area contributed by atoms with Crippen LogP contribution >= 0.6 is 0 Å². The molecule has 0 saturated carbocycles. The molecule has 0 aliphatic carbocycles. The summed E-state index contributed by atoms with van der Waals surface area (Å²) in [7, 11) is 0. The Morgan fingerprint density at radius 2 is 2.16 bits per heavy atom. The fourth-order valence-corrected chi connectivity index (χ4v) is 3.65. The van der Waals surface area contributed by atoms with Gasteiger partial charge in [0.25, 0.3) is 0 Å². The van der Waals surface area contributed by atoms with Crippen molar-refractivity contribution < 1.29 is 9.53 Å². The van der Waals surface area contributed by atoms with E-state index in [9.17, 15) is 4.79 Å². The first kappa shape index (κ1) is 12.7. The second kappa shape index (κ2) is 5.33. The molecule has 0 amide bonds. The number of rotatable bonds is 4. The summed E-state index contributed by atoms with van der Waals surface area (Å²) in [6, 6.07) is 10.8. The molecule has 2 fully saturated rings. The summed E-state index contributed by atoms with van der Waals surface area (Å²) in [5.41, 5.74) is 1.31. The van der Waals surface area contributed by atoms with Crippen LogP contribution in [0.3, 0.4) is 0 Å². The van der Waals surface area contributed by atoms with Crippen LogP contribution < -0.4 is 0 Å². The zero-order valence-corrected chi connectivity index (χ0v) is 11.4. The average molecular weight is 259 g/mol. The third kappa shape index (κ3) is 2.39. The van der Waals surface area contributed by atoms with E-state index in [-0.39, 0.29) is 11.9 Å². The summed E-state index contributed by atoms with van der Waals surface area (Å²) < 4.78 is 5.28. The molecule has 0 N–H and O–H groups in total. The van der Waals surface area contributed by atoms with Gasteiger partial charge in [-0.25, -0.2) is 0 Å². The highest BCUT2D eigenvalue weighted by Crippen LogP contribution is 2.40. The van der Waals surface area contributed by atoms with Crippen molar-refractivity contribution in [1.82, 2.24) is 4.90 Å². The minimum Gasteiger partial charge on any atom is -0.466 e. The van der Waals surface area contributed by atoms with Gasteiger partial charge in [0.15, 0.2) is 0 Å². The highest BCUT2D eigenvalue weighted by molar-refractivity contribution is 5.74. The van der Waals surface area contributed by atoms with E-state index >= 15 is 0 Å². The van der Waals surface area contributed by atoms with Crippen LogP contribution in [0.4, 0.5) is 0 Å². The molecule has 3 heteroatoms. The molecular weight excluding hydrogens is 238 g/mol. The average Bonchev–Trinajstić information content (AvgIpc) is 3.01. The molecule has 2 bridgehead atoms. The van der Waals surface area contributed by atoms with Crippen LogP contribution in [0.5, 0.6) is 0 Å². The Bertz CT molecular complexity index is 445. The standard InChI is InChI=1S/C16H21NO2/c1-2-19-16(18)15-13-8-9-17(11-13)14(15)10-12-6-4-3-5-7-12/h3-7,13-15H,2,8-11H2,1H3/t13-,14?,15-/m0/s1. The molecule has 0 aromatic heterocycles. The number of carbonyl (C=O) groups is 1. The molecule has 2 unspecified atom stereocenters. The lowest BCUT2D eigenvalue weighted by Crippen LogP contribution is -2.42. The summed E-state index contributed by atoms with van der Waals surface area (Å²) >= 11 is 0. The molecule has 1 aromatic carbocycles. The van der Waals surface area contributed by atoms with Crippen LogP contribution in [0.15, 0.2) is 30.3 Å². The Morgan fingerprint density at radius 1 is 1.37 bits per heavy atom. The fraction of sp³-hybridized carbons (Fsp3) is 0.562. The number of hydrogen-bond donors (Lipinski definition) is 0. The van der Waals surface area contributed by atoms with E-state index in [0.29, 0.717) is 18.6 Å². The zero-order valence-electron chi connectivity index (χ0n) is 11.4. The molecule has 0 radical (unpaired) electrons. The Morgan fingerprint density at radius 3 is 2.89 bits per heavy atom. The lowest BCUT2D eigenvalue weighted by Gasteiger charge is -2.31. The van der Waals surface area contributed by atoms with Crippen molar-refractivity contribution in [1.29, 1.82) is 0 Å². The van der Waals surface area contributed by atoms with Crippen molar-refractivity contribution in [2.75, 3.05) is 19.7 Å². The molecule has 2 saturated heterocycles. The van der Waals surface area contributed by atoms with Crippen LogP contribution in [0.25, 0.3) is 0 Å². The van der Waals surface area contributed by atoms with Gasteiger partial charge in [-0.15, -0.1) is 0 Å². The zero-order chi connectivity index (χ0) is 13.2. The number of carbonyl (C=O) groups excluding carboxylic acids is 1. The van der Waals surface area contributed by atoms with E-state index in [1.165, 1.54) is 5.56 Å². The van der Waals surface area contributed by atoms with Crippen LogP contribution in [-0.2, 0) is 16.0 Å². The van der Waals surface area contributed by atoms with Crippen molar-refractivity contribution in [2.24, 2.45) is 11.8 Å². The number of fused-ring (bicyclic) bond motifs is 2. The van der Waals surface area contributed by atoms with E-state index in [1.54, 1.807) is 0 Å². The summed E-state index contributed by atoms with van der Waals surface area (Å²) in [5, 5.41) is 0. The predicted octanol–water partition coefficient (Wildman–Crippen LogP) is 2.11. The maximum Gasteiger partial charge on any atom is 0.310 e. The van der Waals surface area contributed by atoms with E-state index in [1.807, 2.05) is 13.0 Å². The smallest absolute Gasteiger partial charge is 0.310 e. The molecule has 3 rings (SSSR count). The molecular formula is C16H21NO2. The number of ether oxygens (including phenoxy) is 1. The maximum atomic E-state index is 12.2. The maximum absolute atomic E-state index is 12.2. The van der Waals surface area contributed by atoms with Crippen molar-refractivity contribution >= 4 is 5.97 Å².